The lowest BCUT2D eigenvalue weighted by Gasteiger charge is -2.32. The summed E-state index contributed by atoms with van der Waals surface area (Å²) < 4.78 is 40.9. The van der Waals surface area contributed by atoms with E-state index in [0.29, 0.717) is 19.5 Å². The molecule has 1 aliphatic rings. The molecular formula is C25H27F3N4O3. The van der Waals surface area contributed by atoms with Gasteiger partial charge in [0.25, 0.3) is 5.91 Å². The molecule has 1 unspecified atom stereocenters. The third kappa shape index (κ3) is 5.48. The smallest absolute Gasteiger partial charge is 0.396 e. The minimum Gasteiger partial charge on any atom is -0.396 e. The van der Waals surface area contributed by atoms with Crippen molar-refractivity contribution >= 4 is 22.8 Å². The van der Waals surface area contributed by atoms with Crippen LogP contribution in [0.3, 0.4) is 0 Å². The SMILES string of the molecule is CC(=O)N1CCCC(c2ccc3c(c2)[nH]/c(=N\C(=O)c2cccc(C(F)(F)F)c2)n3CCCO)C1. The van der Waals surface area contributed by atoms with Gasteiger partial charge in [-0.2, -0.15) is 18.2 Å². The first-order valence-electron chi connectivity index (χ1n) is 11.5. The number of aromatic amines is 1. The Bertz CT molecular complexity index is 1310. The van der Waals surface area contributed by atoms with Crippen LogP contribution in [-0.4, -0.2) is 51.1 Å². The van der Waals surface area contributed by atoms with Gasteiger partial charge in [-0.25, -0.2) is 0 Å². The highest BCUT2D eigenvalue weighted by Gasteiger charge is 2.31. The van der Waals surface area contributed by atoms with Gasteiger partial charge in [-0.15, -0.1) is 0 Å². The third-order valence-electron chi connectivity index (χ3n) is 6.34. The molecule has 1 fully saturated rings. The number of nitrogens with one attached hydrogen (secondary N) is 1. The zero-order valence-corrected chi connectivity index (χ0v) is 19.3. The molecule has 2 aromatic carbocycles. The molecule has 0 radical (unpaired) electrons. The topological polar surface area (TPSA) is 90.7 Å². The second kappa shape index (κ2) is 10.1. The highest BCUT2D eigenvalue weighted by atomic mass is 19.4. The summed E-state index contributed by atoms with van der Waals surface area (Å²) in [5.74, 6) is -0.574. The molecule has 4 rings (SSSR count). The molecule has 1 aromatic heterocycles. The lowest BCUT2D eigenvalue weighted by Crippen LogP contribution is -2.37. The summed E-state index contributed by atoms with van der Waals surface area (Å²) in [4.78, 5) is 33.6. The van der Waals surface area contributed by atoms with Crippen molar-refractivity contribution in [2.75, 3.05) is 19.7 Å². The Balaban J connectivity index is 1.72. The van der Waals surface area contributed by atoms with E-state index in [-0.39, 0.29) is 29.6 Å². The van der Waals surface area contributed by atoms with Gasteiger partial charge in [-0.05, 0) is 55.2 Å². The lowest BCUT2D eigenvalue weighted by molar-refractivity contribution is -0.137. The number of aryl methyl sites for hydroxylation is 1. The van der Waals surface area contributed by atoms with E-state index in [2.05, 4.69) is 9.98 Å². The Hall–Kier alpha value is -3.40. The Morgan fingerprint density at radius 1 is 1.20 bits per heavy atom. The predicted octanol–water partition coefficient (Wildman–Crippen LogP) is 3.84. The van der Waals surface area contributed by atoms with E-state index < -0.39 is 17.6 Å². The van der Waals surface area contributed by atoms with Gasteiger partial charge in [0.1, 0.15) is 0 Å². The summed E-state index contributed by atoms with van der Waals surface area (Å²) in [5.41, 5.74) is 1.64. The zero-order valence-electron chi connectivity index (χ0n) is 19.3. The van der Waals surface area contributed by atoms with Crippen LogP contribution in [-0.2, 0) is 17.5 Å². The number of H-pyrrole nitrogens is 1. The maximum atomic E-state index is 13.1. The van der Waals surface area contributed by atoms with Gasteiger partial charge in [0.2, 0.25) is 11.5 Å². The number of alkyl halides is 3. The summed E-state index contributed by atoms with van der Waals surface area (Å²) in [6.45, 7) is 3.25. The van der Waals surface area contributed by atoms with Crippen LogP contribution >= 0.6 is 0 Å². The quantitative estimate of drug-likeness (QED) is 0.572. The second-order valence-corrected chi connectivity index (χ2v) is 8.75. The number of rotatable bonds is 5. The average molecular weight is 489 g/mol. The maximum absolute atomic E-state index is 13.1. The molecule has 10 heteroatoms. The fraction of sp³-hybridized carbons (Fsp3) is 0.400. The molecule has 186 valence electrons. The van der Waals surface area contributed by atoms with Gasteiger partial charge >= 0.3 is 6.18 Å². The minimum atomic E-state index is -4.56. The lowest BCUT2D eigenvalue weighted by atomic mass is 9.90. The van der Waals surface area contributed by atoms with Crippen LogP contribution in [0.25, 0.3) is 11.0 Å². The van der Waals surface area contributed by atoms with Crippen molar-refractivity contribution in [3.8, 4) is 0 Å². The number of likely N-dealkylation sites (tertiary alicyclic amines) is 1. The number of fused-ring (bicyclic) bond motifs is 1. The molecule has 1 atom stereocenters. The normalized spacial score (nSPS) is 17.2. The molecule has 0 bridgehead atoms. The van der Waals surface area contributed by atoms with Crippen LogP contribution in [0, 0.1) is 0 Å². The number of imidazole rings is 1. The third-order valence-corrected chi connectivity index (χ3v) is 6.34. The molecule has 2 heterocycles. The number of carbonyl (C=O) groups excluding carboxylic acids is 2. The Labute approximate surface area is 199 Å². The predicted molar refractivity (Wildman–Crippen MR) is 124 cm³/mol. The van der Waals surface area contributed by atoms with Crippen molar-refractivity contribution in [1.29, 1.82) is 0 Å². The van der Waals surface area contributed by atoms with E-state index in [4.69, 9.17) is 0 Å². The van der Waals surface area contributed by atoms with Crippen molar-refractivity contribution < 1.29 is 27.9 Å². The van der Waals surface area contributed by atoms with Crippen molar-refractivity contribution in [3.05, 3.63) is 64.8 Å². The number of hydrogen-bond acceptors (Lipinski definition) is 3. The number of amides is 2. The fourth-order valence-electron chi connectivity index (χ4n) is 4.51. The molecule has 0 aliphatic carbocycles. The van der Waals surface area contributed by atoms with Crippen LogP contribution in [0.5, 0.6) is 0 Å². The van der Waals surface area contributed by atoms with Crippen LogP contribution in [0.4, 0.5) is 13.2 Å². The number of hydrogen-bond donors (Lipinski definition) is 2. The zero-order chi connectivity index (χ0) is 25.2. The number of nitrogens with zero attached hydrogens (tertiary/aromatic N) is 3. The van der Waals surface area contributed by atoms with Crippen LogP contribution in [0.2, 0.25) is 0 Å². The van der Waals surface area contributed by atoms with Gasteiger partial charge in [-0.1, -0.05) is 12.1 Å². The Morgan fingerprint density at radius 3 is 2.71 bits per heavy atom. The van der Waals surface area contributed by atoms with E-state index in [1.54, 1.807) is 11.5 Å². The summed E-state index contributed by atoms with van der Waals surface area (Å²) in [6, 6.07) is 10.0. The highest BCUT2D eigenvalue weighted by Crippen LogP contribution is 2.30. The number of benzene rings is 2. The van der Waals surface area contributed by atoms with Crippen molar-refractivity contribution in [2.45, 2.75) is 44.8 Å². The summed E-state index contributed by atoms with van der Waals surface area (Å²) >= 11 is 0. The van der Waals surface area contributed by atoms with E-state index in [0.717, 1.165) is 48.1 Å². The van der Waals surface area contributed by atoms with Crippen LogP contribution in [0.1, 0.15) is 53.6 Å². The second-order valence-electron chi connectivity index (χ2n) is 8.75. The summed E-state index contributed by atoms with van der Waals surface area (Å²) in [5, 5.41) is 9.32. The van der Waals surface area contributed by atoms with E-state index in [1.165, 1.54) is 12.1 Å². The van der Waals surface area contributed by atoms with Gasteiger partial charge < -0.3 is 19.6 Å². The fourth-order valence-corrected chi connectivity index (χ4v) is 4.51. The van der Waals surface area contributed by atoms with Gasteiger partial charge in [-0.3, -0.25) is 9.59 Å². The number of aromatic nitrogens is 2. The Kier molecular flexibility index (Phi) is 7.11. The molecule has 3 aromatic rings. The molecule has 2 amide bonds. The highest BCUT2D eigenvalue weighted by molar-refractivity contribution is 5.95. The minimum absolute atomic E-state index is 0.0479. The van der Waals surface area contributed by atoms with Crippen LogP contribution in [0.15, 0.2) is 47.5 Å². The Morgan fingerprint density at radius 2 is 2.00 bits per heavy atom. The molecule has 1 saturated heterocycles. The van der Waals surface area contributed by atoms with Crippen molar-refractivity contribution in [3.63, 3.8) is 0 Å². The van der Waals surface area contributed by atoms with Gasteiger partial charge in [0.05, 0.1) is 16.6 Å². The molecule has 35 heavy (non-hydrogen) atoms. The molecule has 0 saturated carbocycles. The number of halogens is 3. The maximum Gasteiger partial charge on any atom is 0.416 e. The first kappa shape index (κ1) is 24.7. The number of piperidine rings is 1. The molecule has 7 nitrogen and oxygen atoms in total. The average Bonchev–Trinajstić information content (AvgIpc) is 3.18. The number of carbonyl (C=O) groups is 2. The van der Waals surface area contributed by atoms with Crippen molar-refractivity contribution in [1.82, 2.24) is 14.5 Å². The molecular weight excluding hydrogens is 461 g/mol. The van der Waals surface area contributed by atoms with E-state index in [1.807, 2.05) is 23.1 Å². The molecule has 0 spiro atoms. The monoisotopic (exact) mass is 488 g/mol. The molecule has 2 N–H and O–H groups in total. The first-order valence-corrected chi connectivity index (χ1v) is 11.5. The molecule has 1 aliphatic heterocycles. The van der Waals surface area contributed by atoms with E-state index >= 15 is 0 Å². The standard InChI is InChI=1S/C25H27F3N4O3/c1-16(34)31-10-3-6-19(15-31)17-8-9-22-21(14-17)29-24(32(22)11-4-12-33)30-23(35)18-5-2-7-20(13-18)25(26,27)28/h2,5,7-9,13-14,19,33H,3-4,6,10-12,15H2,1H3,(H,29,30,35). The van der Waals surface area contributed by atoms with Crippen LogP contribution < -0.4 is 5.62 Å². The van der Waals surface area contributed by atoms with Gasteiger partial charge in [0, 0.05) is 44.6 Å². The van der Waals surface area contributed by atoms with E-state index in [9.17, 15) is 27.9 Å². The summed E-state index contributed by atoms with van der Waals surface area (Å²) in [7, 11) is 0. The first-order chi connectivity index (χ1) is 16.7. The number of aliphatic hydroxyl groups is 1. The largest absolute Gasteiger partial charge is 0.416 e. The number of aliphatic hydroxyl groups excluding tert-OH is 1. The summed E-state index contributed by atoms with van der Waals surface area (Å²) in [6.07, 6.45) is -2.29. The van der Waals surface area contributed by atoms with Crippen molar-refractivity contribution in [2.24, 2.45) is 4.99 Å². The van der Waals surface area contributed by atoms with Gasteiger partial charge in [0.15, 0.2) is 0 Å².